The lowest BCUT2D eigenvalue weighted by Gasteiger charge is -2.31. The summed E-state index contributed by atoms with van der Waals surface area (Å²) in [6.07, 6.45) is 0.806. The first kappa shape index (κ1) is 32.7. The van der Waals surface area contributed by atoms with Crippen LogP contribution in [0.2, 0.25) is 0 Å². The Morgan fingerprint density at radius 1 is 0.933 bits per heavy atom. The molecular formula is C36H36Br2N2O5. The second-order valence-corrected chi connectivity index (χ2v) is 12.5. The van der Waals surface area contributed by atoms with Gasteiger partial charge in [0, 0.05) is 40.5 Å². The molecule has 2 N–H and O–H groups in total. The van der Waals surface area contributed by atoms with E-state index in [1.165, 1.54) is 0 Å². The zero-order chi connectivity index (χ0) is 31.6. The number of carbonyl (C=O) groups is 1. The number of carbonyl (C=O) groups excluding carboxylic acids is 1. The van der Waals surface area contributed by atoms with Gasteiger partial charge >= 0.3 is 0 Å². The summed E-state index contributed by atoms with van der Waals surface area (Å²) >= 11 is 7.06. The number of para-hydroxylation sites is 1. The molecule has 0 fully saturated rings. The molecule has 1 aliphatic rings. The van der Waals surface area contributed by atoms with E-state index in [9.17, 15) is 4.79 Å². The highest BCUT2D eigenvalue weighted by Crippen LogP contribution is 2.43. The first-order chi connectivity index (χ1) is 21.9. The number of halogens is 2. The lowest BCUT2D eigenvalue weighted by molar-refractivity contribution is -0.128. The molecule has 9 heteroatoms. The summed E-state index contributed by atoms with van der Waals surface area (Å²) in [4.78, 5) is 19.6. The van der Waals surface area contributed by atoms with Gasteiger partial charge in [-0.3, -0.25) is 4.79 Å². The van der Waals surface area contributed by atoms with Gasteiger partial charge < -0.3 is 24.6 Å². The van der Waals surface area contributed by atoms with Crippen molar-refractivity contribution >= 4 is 43.7 Å². The molecule has 0 aliphatic carbocycles. The molecule has 0 bridgehead atoms. The van der Waals surface area contributed by atoms with Gasteiger partial charge in [-0.25, -0.2) is 4.99 Å². The topological polar surface area (TPSA) is 89.4 Å². The molecule has 234 valence electrons. The summed E-state index contributed by atoms with van der Waals surface area (Å²) in [6.45, 7) is 3.42. The fourth-order valence-corrected chi connectivity index (χ4v) is 5.83. The molecule has 0 spiro atoms. The normalized spacial score (nSPS) is 17.3. The van der Waals surface area contributed by atoms with Crippen molar-refractivity contribution in [2.24, 2.45) is 4.99 Å². The molecule has 0 aromatic heterocycles. The van der Waals surface area contributed by atoms with Crippen LogP contribution in [0.4, 0.5) is 0 Å². The van der Waals surface area contributed by atoms with E-state index in [1.54, 1.807) is 0 Å². The standard InChI is InChI=1S/C36H36Br2N2O5/c1-2-43-32-7-4-3-6-26(32)20-21-39-35(42)36(24-25-8-14-29(37)15-9-25)33(27-10-16-30(38)17-11-27)45-34(40-36)28-12-18-31(19-13-28)44-23-5-22-41/h3-4,6-19,33,41H,2,5,20-24H2,1H3,(H,39,42)/t33-,36-/m1/s1. The Morgan fingerprint density at radius 3 is 2.31 bits per heavy atom. The Bertz CT molecular complexity index is 1590. The number of aliphatic imine (C=N–C) groups is 1. The molecule has 4 aromatic carbocycles. The zero-order valence-corrected chi connectivity index (χ0v) is 28.2. The molecule has 0 saturated heterocycles. The molecule has 1 amide bonds. The highest BCUT2D eigenvalue weighted by molar-refractivity contribution is 9.10. The van der Waals surface area contributed by atoms with Crippen molar-refractivity contribution < 1.29 is 24.1 Å². The molecule has 4 aromatic rings. The smallest absolute Gasteiger partial charge is 0.252 e. The third-order valence-electron chi connectivity index (χ3n) is 7.54. The second kappa shape index (κ2) is 15.6. The van der Waals surface area contributed by atoms with E-state index >= 15 is 0 Å². The van der Waals surface area contributed by atoms with Crippen molar-refractivity contribution in [1.82, 2.24) is 5.32 Å². The monoisotopic (exact) mass is 734 g/mol. The van der Waals surface area contributed by atoms with E-state index in [-0.39, 0.29) is 12.5 Å². The summed E-state index contributed by atoms with van der Waals surface area (Å²) in [5.74, 6) is 1.67. The van der Waals surface area contributed by atoms with Crippen molar-refractivity contribution in [2.75, 3.05) is 26.4 Å². The maximum absolute atomic E-state index is 14.5. The predicted octanol–water partition coefficient (Wildman–Crippen LogP) is 7.23. The Hall–Kier alpha value is -3.66. The molecule has 1 heterocycles. The molecular weight excluding hydrogens is 700 g/mol. The number of amides is 1. The average Bonchev–Trinajstić information content (AvgIpc) is 3.44. The van der Waals surface area contributed by atoms with Crippen molar-refractivity contribution in [2.45, 2.75) is 37.8 Å². The van der Waals surface area contributed by atoms with E-state index < -0.39 is 11.6 Å². The molecule has 5 rings (SSSR count). The third-order valence-corrected chi connectivity index (χ3v) is 8.60. The number of aliphatic hydroxyl groups excluding tert-OH is 1. The Kier molecular flexibility index (Phi) is 11.3. The van der Waals surface area contributed by atoms with Crippen LogP contribution in [0, 0.1) is 0 Å². The van der Waals surface area contributed by atoms with E-state index in [2.05, 4.69) is 37.2 Å². The number of hydrogen-bond acceptors (Lipinski definition) is 6. The van der Waals surface area contributed by atoms with E-state index in [0.717, 1.165) is 36.9 Å². The number of nitrogens with zero attached hydrogens (tertiary/aromatic N) is 1. The van der Waals surface area contributed by atoms with Gasteiger partial charge in [-0.1, -0.05) is 74.3 Å². The number of benzene rings is 4. The fourth-order valence-electron chi connectivity index (χ4n) is 5.30. The first-order valence-corrected chi connectivity index (χ1v) is 16.6. The van der Waals surface area contributed by atoms with Crippen LogP contribution in [0.5, 0.6) is 11.5 Å². The third kappa shape index (κ3) is 8.14. The molecule has 1 aliphatic heterocycles. The summed E-state index contributed by atoms with van der Waals surface area (Å²) < 4.78 is 20.0. The van der Waals surface area contributed by atoms with Crippen LogP contribution < -0.4 is 14.8 Å². The van der Waals surface area contributed by atoms with Crippen LogP contribution >= 0.6 is 31.9 Å². The highest BCUT2D eigenvalue weighted by atomic mass is 79.9. The van der Waals surface area contributed by atoms with E-state index in [4.69, 9.17) is 24.3 Å². The fraction of sp³-hybridized carbons (Fsp3) is 0.278. The molecule has 0 radical (unpaired) electrons. The van der Waals surface area contributed by atoms with Gasteiger partial charge in [-0.2, -0.15) is 0 Å². The minimum absolute atomic E-state index is 0.0711. The predicted molar refractivity (Wildman–Crippen MR) is 183 cm³/mol. The quantitative estimate of drug-likeness (QED) is 0.134. The summed E-state index contributed by atoms with van der Waals surface area (Å²) in [7, 11) is 0. The minimum Gasteiger partial charge on any atom is -0.494 e. The number of rotatable bonds is 14. The van der Waals surface area contributed by atoms with Gasteiger partial charge in [-0.05, 0) is 84.6 Å². The largest absolute Gasteiger partial charge is 0.494 e. The minimum atomic E-state index is -1.28. The summed E-state index contributed by atoms with van der Waals surface area (Å²) in [5.41, 5.74) is 2.28. The second-order valence-electron chi connectivity index (χ2n) is 10.7. The SMILES string of the molecule is CCOc1ccccc1CCNC(=O)[C@]1(Cc2ccc(Br)cc2)N=C(c2ccc(OCCCO)cc2)O[C@@H]1c1ccc(Br)cc1. The number of ether oxygens (including phenoxy) is 3. The van der Waals surface area contributed by atoms with Crippen LogP contribution in [-0.4, -0.2) is 48.8 Å². The van der Waals surface area contributed by atoms with Gasteiger partial charge in [0.25, 0.3) is 5.91 Å². The molecule has 2 atom stereocenters. The van der Waals surface area contributed by atoms with Gasteiger partial charge in [0.05, 0.1) is 13.2 Å². The number of nitrogens with one attached hydrogen (secondary N) is 1. The van der Waals surface area contributed by atoms with Crippen LogP contribution in [0.1, 0.15) is 41.7 Å². The van der Waals surface area contributed by atoms with Gasteiger partial charge in [0.1, 0.15) is 11.5 Å². The van der Waals surface area contributed by atoms with Gasteiger partial charge in [-0.15, -0.1) is 0 Å². The van der Waals surface area contributed by atoms with E-state index in [0.29, 0.717) is 50.7 Å². The Balaban J connectivity index is 1.50. The molecule has 0 unspecified atom stereocenters. The van der Waals surface area contributed by atoms with Crippen molar-refractivity contribution in [3.8, 4) is 11.5 Å². The lowest BCUT2D eigenvalue weighted by Crippen LogP contribution is -2.50. The summed E-state index contributed by atoms with van der Waals surface area (Å²) in [6, 6.07) is 31.1. The Morgan fingerprint density at radius 2 is 1.62 bits per heavy atom. The van der Waals surface area contributed by atoms with Gasteiger partial charge in [0.15, 0.2) is 11.6 Å². The van der Waals surface area contributed by atoms with Crippen LogP contribution in [0.3, 0.4) is 0 Å². The lowest BCUT2D eigenvalue weighted by atomic mass is 9.82. The maximum atomic E-state index is 14.5. The van der Waals surface area contributed by atoms with Gasteiger partial charge in [0.2, 0.25) is 5.90 Å². The molecule has 7 nitrogen and oxygen atoms in total. The number of aliphatic hydroxyl groups is 1. The Labute approximate surface area is 280 Å². The van der Waals surface area contributed by atoms with Crippen molar-refractivity contribution in [3.05, 3.63) is 128 Å². The molecule has 45 heavy (non-hydrogen) atoms. The van der Waals surface area contributed by atoms with Crippen LogP contribution in [-0.2, 0) is 22.4 Å². The van der Waals surface area contributed by atoms with Crippen molar-refractivity contribution in [3.63, 3.8) is 0 Å². The highest BCUT2D eigenvalue weighted by Gasteiger charge is 2.53. The average molecular weight is 737 g/mol. The van der Waals surface area contributed by atoms with Crippen LogP contribution in [0.25, 0.3) is 0 Å². The van der Waals surface area contributed by atoms with Crippen molar-refractivity contribution in [1.29, 1.82) is 0 Å². The first-order valence-electron chi connectivity index (χ1n) is 15.0. The number of hydrogen-bond donors (Lipinski definition) is 2. The maximum Gasteiger partial charge on any atom is 0.252 e. The zero-order valence-electron chi connectivity index (χ0n) is 25.0. The summed E-state index contributed by atoms with van der Waals surface area (Å²) in [5, 5.41) is 12.3. The molecule has 0 saturated carbocycles. The van der Waals surface area contributed by atoms with E-state index in [1.807, 2.05) is 104 Å². The van der Waals surface area contributed by atoms with Crippen LogP contribution in [0.15, 0.2) is 111 Å².